The van der Waals surface area contributed by atoms with Crippen molar-refractivity contribution >= 4 is 17.8 Å². The summed E-state index contributed by atoms with van der Waals surface area (Å²) >= 11 is 0. The molecular weight excluding hydrogens is 424 g/mol. The van der Waals surface area contributed by atoms with Crippen molar-refractivity contribution in [2.75, 3.05) is 26.3 Å². The van der Waals surface area contributed by atoms with Gasteiger partial charge in [0, 0.05) is 25.3 Å². The normalized spacial score (nSPS) is 20.2. The van der Waals surface area contributed by atoms with Crippen LogP contribution in [-0.4, -0.2) is 61.1 Å². The summed E-state index contributed by atoms with van der Waals surface area (Å²) in [4.78, 5) is 39.4. The highest BCUT2D eigenvalue weighted by molar-refractivity contribution is 5.99. The van der Waals surface area contributed by atoms with E-state index in [0.717, 1.165) is 18.4 Å². The van der Waals surface area contributed by atoms with E-state index in [2.05, 4.69) is 5.32 Å². The van der Waals surface area contributed by atoms with E-state index in [-0.39, 0.29) is 30.9 Å². The van der Waals surface area contributed by atoms with E-state index < -0.39 is 12.0 Å². The number of rotatable bonds is 8. The van der Waals surface area contributed by atoms with Crippen LogP contribution in [0, 0.1) is 0 Å². The Hall–Kier alpha value is -3.39. The van der Waals surface area contributed by atoms with Gasteiger partial charge in [0.2, 0.25) is 5.91 Å². The Bertz CT molecular complexity index is 957. The highest BCUT2D eigenvalue weighted by Gasteiger charge is 2.35. The quantitative estimate of drug-likeness (QED) is 0.618. The van der Waals surface area contributed by atoms with Gasteiger partial charge in [-0.25, -0.2) is 0 Å². The first-order valence-electron chi connectivity index (χ1n) is 11.2. The molecule has 2 amide bonds. The summed E-state index contributed by atoms with van der Waals surface area (Å²) in [6.07, 6.45) is 1.52. The third kappa shape index (κ3) is 6.10. The fraction of sp³-hybridized carbons (Fsp3) is 0.400. The molecular formula is C25H28N2O6. The molecule has 2 aromatic carbocycles. The predicted octanol–water partition coefficient (Wildman–Crippen LogP) is 2.32. The highest BCUT2D eigenvalue weighted by Crippen LogP contribution is 2.19. The molecule has 2 aliphatic rings. The molecule has 8 nitrogen and oxygen atoms in total. The third-order valence-corrected chi connectivity index (χ3v) is 5.76. The molecule has 2 aliphatic heterocycles. The second kappa shape index (κ2) is 11.0. The third-order valence-electron chi connectivity index (χ3n) is 5.76. The fourth-order valence-electron chi connectivity index (χ4n) is 3.94. The van der Waals surface area contributed by atoms with Crippen LogP contribution in [0.1, 0.15) is 35.2 Å². The van der Waals surface area contributed by atoms with Crippen molar-refractivity contribution in [1.82, 2.24) is 10.2 Å². The lowest BCUT2D eigenvalue weighted by Crippen LogP contribution is -2.57. The minimum absolute atomic E-state index is 0.0884. The number of esters is 1. The summed E-state index contributed by atoms with van der Waals surface area (Å²) in [5.41, 5.74) is 1.47. The number of ether oxygens (including phenoxy) is 3. The lowest BCUT2D eigenvalue weighted by atomic mass is 10.1. The van der Waals surface area contributed by atoms with E-state index in [1.807, 2.05) is 30.3 Å². The maximum absolute atomic E-state index is 13.1. The van der Waals surface area contributed by atoms with Crippen LogP contribution < -0.4 is 10.1 Å². The summed E-state index contributed by atoms with van der Waals surface area (Å²) in [5, 5.41) is 2.73. The molecule has 0 bridgehead atoms. The molecule has 2 unspecified atom stereocenters. The number of nitrogens with zero attached hydrogens (tertiary/aromatic N) is 1. The van der Waals surface area contributed by atoms with Crippen LogP contribution in [0.15, 0.2) is 54.6 Å². The molecule has 0 aliphatic carbocycles. The molecule has 2 fully saturated rings. The van der Waals surface area contributed by atoms with Gasteiger partial charge in [-0.15, -0.1) is 0 Å². The van der Waals surface area contributed by atoms with Crippen molar-refractivity contribution in [1.29, 1.82) is 0 Å². The predicted molar refractivity (Wildman–Crippen MR) is 120 cm³/mol. The topological polar surface area (TPSA) is 94.2 Å². The van der Waals surface area contributed by atoms with E-state index in [4.69, 9.17) is 14.2 Å². The first-order chi connectivity index (χ1) is 16.1. The summed E-state index contributed by atoms with van der Waals surface area (Å²) in [5.74, 6) is -0.543. The first kappa shape index (κ1) is 22.8. The van der Waals surface area contributed by atoms with Crippen LogP contribution in [0.5, 0.6) is 5.75 Å². The van der Waals surface area contributed by atoms with Gasteiger partial charge in [0.1, 0.15) is 25.0 Å². The average Bonchev–Trinajstić information content (AvgIpc) is 3.37. The van der Waals surface area contributed by atoms with Crippen molar-refractivity contribution in [2.45, 2.75) is 38.0 Å². The zero-order chi connectivity index (χ0) is 23.0. The zero-order valence-corrected chi connectivity index (χ0v) is 18.4. The van der Waals surface area contributed by atoms with Crippen LogP contribution in [0.3, 0.4) is 0 Å². The Morgan fingerprint density at radius 1 is 1.09 bits per heavy atom. The van der Waals surface area contributed by atoms with Gasteiger partial charge in [-0.1, -0.05) is 30.3 Å². The van der Waals surface area contributed by atoms with Gasteiger partial charge in [0.15, 0.2) is 0 Å². The number of amides is 2. The van der Waals surface area contributed by atoms with E-state index >= 15 is 0 Å². The molecule has 2 aromatic rings. The van der Waals surface area contributed by atoms with Gasteiger partial charge >= 0.3 is 5.97 Å². The van der Waals surface area contributed by atoms with Crippen LogP contribution in [0.25, 0.3) is 0 Å². The van der Waals surface area contributed by atoms with Crippen molar-refractivity contribution in [3.8, 4) is 5.75 Å². The lowest BCUT2D eigenvalue weighted by Gasteiger charge is -2.34. The molecule has 0 aromatic heterocycles. The first-order valence-corrected chi connectivity index (χ1v) is 11.2. The van der Waals surface area contributed by atoms with E-state index in [0.29, 0.717) is 37.6 Å². The highest BCUT2D eigenvalue weighted by atomic mass is 16.6. The minimum Gasteiger partial charge on any atom is -0.489 e. The SMILES string of the molecule is O=C(CC1C(=O)NCCN1C(=O)c1ccc(OCc2ccccc2)cc1)OCC1CCCO1. The number of nitrogens with one attached hydrogen (secondary N) is 1. The summed E-state index contributed by atoms with van der Waals surface area (Å²) in [6.45, 7) is 1.93. The van der Waals surface area contributed by atoms with Gasteiger partial charge in [-0.05, 0) is 42.7 Å². The van der Waals surface area contributed by atoms with E-state index in [1.54, 1.807) is 24.3 Å². The van der Waals surface area contributed by atoms with Crippen molar-refractivity contribution in [3.05, 3.63) is 65.7 Å². The van der Waals surface area contributed by atoms with E-state index in [1.165, 1.54) is 4.90 Å². The van der Waals surface area contributed by atoms with Crippen LogP contribution >= 0.6 is 0 Å². The Morgan fingerprint density at radius 2 is 1.88 bits per heavy atom. The Labute approximate surface area is 192 Å². The second-order valence-corrected chi connectivity index (χ2v) is 8.13. The summed E-state index contributed by atoms with van der Waals surface area (Å²) in [6, 6.07) is 15.7. The number of hydrogen-bond donors (Lipinski definition) is 1. The second-order valence-electron chi connectivity index (χ2n) is 8.13. The van der Waals surface area contributed by atoms with Crippen LogP contribution in [0.4, 0.5) is 0 Å². The average molecular weight is 453 g/mol. The molecule has 4 rings (SSSR count). The number of piperazine rings is 1. The molecule has 0 spiro atoms. The van der Waals surface area contributed by atoms with Gasteiger partial charge in [0.25, 0.3) is 5.91 Å². The molecule has 8 heteroatoms. The van der Waals surface area contributed by atoms with Crippen molar-refractivity contribution < 1.29 is 28.6 Å². The summed E-state index contributed by atoms with van der Waals surface area (Å²) < 4.78 is 16.5. The maximum Gasteiger partial charge on any atom is 0.308 e. The number of benzene rings is 2. The largest absolute Gasteiger partial charge is 0.489 e. The van der Waals surface area contributed by atoms with E-state index in [9.17, 15) is 14.4 Å². The van der Waals surface area contributed by atoms with Gasteiger partial charge in [-0.2, -0.15) is 0 Å². The molecule has 33 heavy (non-hydrogen) atoms. The molecule has 0 saturated carbocycles. The lowest BCUT2D eigenvalue weighted by molar-refractivity contribution is -0.150. The number of carbonyl (C=O) groups excluding carboxylic acids is 3. The van der Waals surface area contributed by atoms with Crippen molar-refractivity contribution in [2.24, 2.45) is 0 Å². The van der Waals surface area contributed by atoms with Crippen LogP contribution in [0.2, 0.25) is 0 Å². The monoisotopic (exact) mass is 452 g/mol. The Kier molecular flexibility index (Phi) is 7.57. The molecule has 174 valence electrons. The molecule has 0 radical (unpaired) electrons. The molecule has 2 saturated heterocycles. The zero-order valence-electron chi connectivity index (χ0n) is 18.4. The van der Waals surface area contributed by atoms with Gasteiger partial charge in [-0.3, -0.25) is 14.4 Å². The van der Waals surface area contributed by atoms with Crippen LogP contribution in [-0.2, 0) is 25.7 Å². The number of carbonyl (C=O) groups is 3. The van der Waals surface area contributed by atoms with Crippen molar-refractivity contribution in [3.63, 3.8) is 0 Å². The summed E-state index contributed by atoms with van der Waals surface area (Å²) in [7, 11) is 0. The molecule has 2 heterocycles. The Morgan fingerprint density at radius 3 is 2.61 bits per heavy atom. The minimum atomic E-state index is -0.905. The maximum atomic E-state index is 13.1. The smallest absolute Gasteiger partial charge is 0.308 e. The Balaban J connectivity index is 1.35. The molecule has 1 N–H and O–H groups in total. The van der Waals surface area contributed by atoms with Gasteiger partial charge in [0.05, 0.1) is 12.5 Å². The fourth-order valence-corrected chi connectivity index (χ4v) is 3.94. The van der Waals surface area contributed by atoms with Gasteiger partial charge < -0.3 is 24.4 Å². The number of hydrogen-bond acceptors (Lipinski definition) is 6. The standard InChI is InChI=1S/C25H28N2O6/c28-23(33-17-21-7-4-14-31-21)15-22-24(29)26-12-13-27(22)25(30)19-8-10-20(11-9-19)32-16-18-5-2-1-3-6-18/h1-3,5-6,8-11,21-22H,4,7,12-17H2,(H,26,29). The molecule has 2 atom stereocenters.